The van der Waals surface area contributed by atoms with E-state index in [9.17, 15) is 9.59 Å². The van der Waals surface area contributed by atoms with E-state index in [1.807, 2.05) is 0 Å². The predicted octanol–water partition coefficient (Wildman–Crippen LogP) is 0.359. The zero-order chi connectivity index (χ0) is 9.35. The minimum Gasteiger partial charge on any atom is -0.469 e. The lowest BCUT2D eigenvalue weighted by Gasteiger charge is -2.06. The van der Waals surface area contributed by atoms with E-state index in [1.54, 1.807) is 6.92 Å². The third-order valence-corrected chi connectivity index (χ3v) is 2.37. The Hall–Kier alpha value is -1.06. The summed E-state index contributed by atoms with van der Waals surface area (Å²) in [6.45, 7) is 1.71. The molecule has 0 amide bonds. The molecule has 1 saturated carbocycles. The molecule has 0 saturated heterocycles. The molecule has 0 aromatic carbocycles. The fraction of sp³-hybridized carbons (Fsp3) is 0.750. The third kappa shape index (κ3) is 1.17. The largest absolute Gasteiger partial charge is 0.469 e. The molecular formula is C8H12O4. The van der Waals surface area contributed by atoms with Crippen LogP contribution >= 0.6 is 0 Å². The Kier molecular flexibility index (Phi) is 2.08. The zero-order valence-corrected chi connectivity index (χ0v) is 7.42. The van der Waals surface area contributed by atoms with Gasteiger partial charge in [0.15, 0.2) is 0 Å². The molecule has 0 unspecified atom stereocenters. The zero-order valence-electron chi connectivity index (χ0n) is 7.42. The highest BCUT2D eigenvalue weighted by molar-refractivity contribution is 5.90. The van der Waals surface area contributed by atoms with Crippen LogP contribution in [0.3, 0.4) is 0 Å². The number of esters is 2. The summed E-state index contributed by atoms with van der Waals surface area (Å²) in [5.74, 6) is -0.976. The first-order valence-electron chi connectivity index (χ1n) is 3.72. The summed E-state index contributed by atoms with van der Waals surface area (Å²) in [5.41, 5.74) is -0.637. The molecule has 4 nitrogen and oxygen atoms in total. The lowest BCUT2D eigenvalue weighted by molar-refractivity contribution is -0.152. The quantitative estimate of drug-likeness (QED) is 0.564. The second-order valence-electron chi connectivity index (χ2n) is 3.19. The minimum atomic E-state index is -0.637. The van der Waals surface area contributed by atoms with Crippen LogP contribution in [0.5, 0.6) is 0 Å². The summed E-state index contributed by atoms with van der Waals surface area (Å²) in [4.78, 5) is 22.1. The van der Waals surface area contributed by atoms with E-state index in [1.165, 1.54) is 14.2 Å². The van der Waals surface area contributed by atoms with Crippen LogP contribution < -0.4 is 0 Å². The summed E-state index contributed by atoms with van der Waals surface area (Å²) in [5, 5.41) is 0. The Morgan fingerprint density at radius 2 is 1.92 bits per heavy atom. The van der Waals surface area contributed by atoms with E-state index in [4.69, 9.17) is 0 Å². The molecule has 12 heavy (non-hydrogen) atoms. The molecule has 1 fully saturated rings. The Labute approximate surface area is 70.8 Å². The fourth-order valence-electron chi connectivity index (χ4n) is 1.31. The van der Waals surface area contributed by atoms with Crippen molar-refractivity contribution in [3.63, 3.8) is 0 Å². The lowest BCUT2D eigenvalue weighted by atomic mass is 10.1. The number of rotatable bonds is 2. The number of ether oxygens (including phenoxy) is 2. The molecule has 0 bridgehead atoms. The van der Waals surface area contributed by atoms with Crippen LogP contribution in [0.15, 0.2) is 0 Å². The normalized spacial score (nSPS) is 32.4. The molecule has 1 rings (SSSR count). The maximum Gasteiger partial charge on any atom is 0.312 e. The van der Waals surface area contributed by atoms with E-state index in [2.05, 4.69) is 9.47 Å². The summed E-state index contributed by atoms with van der Waals surface area (Å²) < 4.78 is 9.07. The number of hydrogen-bond acceptors (Lipinski definition) is 4. The number of hydrogen-bond donors (Lipinski definition) is 0. The molecule has 0 spiro atoms. The molecule has 0 aliphatic heterocycles. The van der Waals surface area contributed by atoms with Gasteiger partial charge in [-0.3, -0.25) is 9.59 Å². The average Bonchev–Trinajstić information content (AvgIpc) is 2.76. The fourth-order valence-corrected chi connectivity index (χ4v) is 1.31. The van der Waals surface area contributed by atoms with Crippen molar-refractivity contribution >= 4 is 11.9 Å². The molecule has 1 aliphatic carbocycles. The van der Waals surface area contributed by atoms with Crippen molar-refractivity contribution in [2.45, 2.75) is 13.3 Å². The molecule has 2 atom stereocenters. The van der Waals surface area contributed by atoms with Gasteiger partial charge in [-0.15, -0.1) is 0 Å². The van der Waals surface area contributed by atoms with Crippen LogP contribution in [0.2, 0.25) is 0 Å². The van der Waals surface area contributed by atoms with Crippen LogP contribution in [-0.2, 0) is 19.1 Å². The van der Waals surface area contributed by atoms with Crippen molar-refractivity contribution in [3.8, 4) is 0 Å². The van der Waals surface area contributed by atoms with Gasteiger partial charge >= 0.3 is 11.9 Å². The molecule has 1 aliphatic rings. The highest BCUT2D eigenvalue weighted by Crippen LogP contribution is 2.53. The number of carbonyl (C=O) groups excluding carboxylic acids is 2. The second kappa shape index (κ2) is 2.77. The van der Waals surface area contributed by atoms with Gasteiger partial charge < -0.3 is 9.47 Å². The first kappa shape index (κ1) is 9.03. The number of carbonyl (C=O) groups is 2. The van der Waals surface area contributed by atoms with Gasteiger partial charge in [0.1, 0.15) is 0 Å². The van der Waals surface area contributed by atoms with E-state index >= 15 is 0 Å². The number of methoxy groups -OCH3 is 2. The topological polar surface area (TPSA) is 52.6 Å². The van der Waals surface area contributed by atoms with Crippen molar-refractivity contribution in [2.75, 3.05) is 14.2 Å². The Morgan fingerprint density at radius 3 is 2.33 bits per heavy atom. The standard InChI is InChI=1S/C8H12O4/c1-8(7(10)12-3)4-5(8)6(9)11-2/h5H,4H2,1-3H3/t5-,8-/m0/s1. The van der Waals surface area contributed by atoms with Gasteiger partial charge in [0.25, 0.3) is 0 Å². The van der Waals surface area contributed by atoms with Crippen molar-refractivity contribution in [2.24, 2.45) is 11.3 Å². The minimum absolute atomic E-state index is 0.310. The van der Waals surface area contributed by atoms with Crippen molar-refractivity contribution in [1.29, 1.82) is 0 Å². The summed E-state index contributed by atoms with van der Waals surface area (Å²) in [7, 11) is 2.64. The SMILES string of the molecule is COC(=O)[C@@H]1C[C@]1(C)C(=O)OC. The van der Waals surface area contributed by atoms with Crippen LogP contribution in [0.1, 0.15) is 13.3 Å². The van der Waals surface area contributed by atoms with E-state index in [-0.39, 0.29) is 17.9 Å². The van der Waals surface area contributed by atoms with Crippen LogP contribution in [0, 0.1) is 11.3 Å². The van der Waals surface area contributed by atoms with Gasteiger partial charge in [-0.1, -0.05) is 0 Å². The first-order valence-corrected chi connectivity index (χ1v) is 3.72. The molecule has 0 aromatic heterocycles. The average molecular weight is 172 g/mol. The monoisotopic (exact) mass is 172 g/mol. The first-order chi connectivity index (χ1) is 5.56. The van der Waals surface area contributed by atoms with Crippen LogP contribution in [0.25, 0.3) is 0 Å². The predicted molar refractivity (Wildman–Crippen MR) is 40.2 cm³/mol. The smallest absolute Gasteiger partial charge is 0.312 e. The lowest BCUT2D eigenvalue weighted by Crippen LogP contribution is -2.20. The van der Waals surface area contributed by atoms with Gasteiger partial charge in [0.2, 0.25) is 0 Å². The summed E-state index contributed by atoms with van der Waals surface area (Å²) in [6.07, 6.45) is 0.534. The Balaban J connectivity index is 2.59. The molecule has 0 heterocycles. The summed E-state index contributed by atoms with van der Waals surface area (Å²) in [6, 6.07) is 0. The maximum atomic E-state index is 11.1. The van der Waals surface area contributed by atoms with Gasteiger partial charge in [-0.25, -0.2) is 0 Å². The van der Waals surface area contributed by atoms with Gasteiger partial charge in [-0.05, 0) is 13.3 Å². The molecular weight excluding hydrogens is 160 g/mol. The summed E-state index contributed by atoms with van der Waals surface area (Å²) >= 11 is 0. The Morgan fingerprint density at radius 1 is 1.33 bits per heavy atom. The van der Waals surface area contributed by atoms with E-state index in [0.29, 0.717) is 6.42 Å². The molecule has 0 N–H and O–H groups in total. The van der Waals surface area contributed by atoms with Crippen LogP contribution in [0.4, 0.5) is 0 Å². The van der Waals surface area contributed by atoms with Crippen molar-refractivity contribution in [1.82, 2.24) is 0 Å². The van der Waals surface area contributed by atoms with Gasteiger partial charge in [0, 0.05) is 0 Å². The van der Waals surface area contributed by atoms with E-state index < -0.39 is 5.41 Å². The molecule has 0 radical (unpaired) electrons. The van der Waals surface area contributed by atoms with Gasteiger partial charge in [0.05, 0.1) is 25.6 Å². The van der Waals surface area contributed by atoms with Crippen molar-refractivity contribution in [3.05, 3.63) is 0 Å². The maximum absolute atomic E-state index is 11.1. The van der Waals surface area contributed by atoms with Crippen molar-refractivity contribution < 1.29 is 19.1 Å². The molecule has 68 valence electrons. The highest BCUT2D eigenvalue weighted by Gasteiger charge is 2.61. The third-order valence-electron chi connectivity index (χ3n) is 2.37. The molecule has 4 heteroatoms. The van der Waals surface area contributed by atoms with Gasteiger partial charge in [-0.2, -0.15) is 0 Å². The van der Waals surface area contributed by atoms with E-state index in [0.717, 1.165) is 0 Å². The second-order valence-corrected chi connectivity index (χ2v) is 3.19. The Bertz CT molecular complexity index is 223. The highest BCUT2D eigenvalue weighted by atomic mass is 16.5. The van der Waals surface area contributed by atoms with Crippen LogP contribution in [-0.4, -0.2) is 26.2 Å². The molecule has 0 aromatic rings.